The third kappa shape index (κ3) is 3.32. The third-order valence-electron chi connectivity index (χ3n) is 3.10. The lowest BCUT2D eigenvalue weighted by Gasteiger charge is -2.13. The molecule has 2 aromatic carbocycles. The van der Waals surface area contributed by atoms with E-state index in [0.717, 1.165) is 22.6 Å². The highest BCUT2D eigenvalue weighted by atomic mass is 16.5. The van der Waals surface area contributed by atoms with E-state index in [1.54, 1.807) is 13.2 Å². The minimum Gasteiger partial charge on any atom is -0.507 e. The van der Waals surface area contributed by atoms with Gasteiger partial charge in [0.15, 0.2) is 0 Å². The average Bonchev–Trinajstić information content (AvgIpc) is 2.46. The van der Waals surface area contributed by atoms with Crippen molar-refractivity contribution in [2.75, 3.05) is 26.1 Å². The van der Waals surface area contributed by atoms with Crippen molar-refractivity contribution in [2.45, 2.75) is 0 Å². The van der Waals surface area contributed by atoms with Crippen LogP contribution in [0.25, 0.3) is 12.2 Å². The summed E-state index contributed by atoms with van der Waals surface area (Å²) in [6, 6.07) is 13.4. The van der Waals surface area contributed by atoms with Gasteiger partial charge in [0.05, 0.1) is 7.11 Å². The number of phenolic OH excluding ortho intramolecular Hbond substituents is 1. The number of rotatable bonds is 4. The van der Waals surface area contributed by atoms with Crippen LogP contribution in [0.3, 0.4) is 0 Å². The highest BCUT2D eigenvalue weighted by Crippen LogP contribution is 2.25. The molecule has 2 aromatic rings. The minimum atomic E-state index is 0.279. The smallest absolute Gasteiger partial charge is 0.124 e. The van der Waals surface area contributed by atoms with Crippen LogP contribution in [-0.2, 0) is 0 Å². The molecule has 0 saturated carbocycles. The molecule has 0 saturated heterocycles. The van der Waals surface area contributed by atoms with Crippen LogP contribution in [0.2, 0.25) is 0 Å². The Bertz CT molecular complexity index is 601. The second-order valence-corrected chi connectivity index (χ2v) is 4.74. The van der Waals surface area contributed by atoms with E-state index in [4.69, 9.17) is 4.74 Å². The van der Waals surface area contributed by atoms with Crippen molar-refractivity contribution < 1.29 is 9.84 Å². The van der Waals surface area contributed by atoms with Gasteiger partial charge in [-0.3, -0.25) is 0 Å². The molecule has 3 nitrogen and oxygen atoms in total. The van der Waals surface area contributed by atoms with Crippen molar-refractivity contribution >= 4 is 17.8 Å². The summed E-state index contributed by atoms with van der Waals surface area (Å²) in [5.41, 5.74) is 2.83. The molecule has 0 aliphatic carbocycles. The predicted molar refractivity (Wildman–Crippen MR) is 84.4 cm³/mol. The van der Waals surface area contributed by atoms with Crippen LogP contribution in [0.4, 0.5) is 5.69 Å². The summed E-state index contributed by atoms with van der Waals surface area (Å²) in [6.45, 7) is 0. The van der Waals surface area contributed by atoms with E-state index >= 15 is 0 Å². The van der Waals surface area contributed by atoms with E-state index in [1.165, 1.54) is 0 Å². The predicted octanol–water partition coefficient (Wildman–Crippen LogP) is 3.64. The number of aromatic hydroxyl groups is 1. The number of hydrogen-bond donors (Lipinski definition) is 1. The van der Waals surface area contributed by atoms with Crippen LogP contribution < -0.4 is 9.64 Å². The van der Waals surface area contributed by atoms with Gasteiger partial charge in [-0.2, -0.15) is 0 Å². The largest absolute Gasteiger partial charge is 0.507 e. The van der Waals surface area contributed by atoms with E-state index in [9.17, 15) is 5.11 Å². The highest BCUT2D eigenvalue weighted by Gasteiger charge is 2.01. The van der Waals surface area contributed by atoms with E-state index in [0.29, 0.717) is 0 Å². The van der Waals surface area contributed by atoms with Gasteiger partial charge in [0, 0.05) is 31.4 Å². The van der Waals surface area contributed by atoms with Crippen LogP contribution in [-0.4, -0.2) is 26.3 Å². The normalized spacial score (nSPS) is 10.8. The average molecular weight is 269 g/mol. The molecule has 0 amide bonds. The maximum Gasteiger partial charge on any atom is 0.124 e. The molecule has 0 aliphatic heterocycles. The van der Waals surface area contributed by atoms with Crippen molar-refractivity contribution in [1.29, 1.82) is 0 Å². The zero-order valence-corrected chi connectivity index (χ0v) is 12.0. The summed E-state index contributed by atoms with van der Waals surface area (Å²) >= 11 is 0. The van der Waals surface area contributed by atoms with Gasteiger partial charge in [0.25, 0.3) is 0 Å². The molecular weight excluding hydrogens is 250 g/mol. The van der Waals surface area contributed by atoms with Crippen LogP contribution in [0.15, 0.2) is 42.5 Å². The number of benzene rings is 2. The topological polar surface area (TPSA) is 32.7 Å². The Morgan fingerprint density at radius 3 is 2.25 bits per heavy atom. The molecule has 0 spiro atoms. The number of hydrogen-bond acceptors (Lipinski definition) is 3. The fourth-order valence-electron chi connectivity index (χ4n) is 1.85. The van der Waals surface area contributed by atoms with Crippen molar-refractivity contribution in [3.8, 4) is 11.5 Å². The molecule has 2 rings (SSSR count). The van der Waals surface area contributed by atoms with Crippen molar-refractivity contribution in [1.82, 2.24) is 0 Å². The molecule has 0 radical (unpaired) electrons. The molecule has 0 atom stereocenters. The van der Waals surface area contributed by atoms with Gasteiger partial charge in [-0.1, -0.05) is 24.3 Å². The highest BCUT2D eigenvalue weighted by molar-refractivity contribution is 5.74. The molecule has 1 N–H and O–H groups in total. The Labute approximate surface area is 119 Å². The molecule has 0 heterocycles. The Morgan fingerprint density at radius 1 is 1.00 bits per heavy atom. The molecule has 3 heteroatoms. The van der Waals surface area contributed by atoms with Gasteiger partial charge < -0.3 is 14.7 Å². The van der Waals surface area contributed by atoms with E-state index in [1.807, 2.05) is 67.5 Å². The second kappa shape index (κ2) is 6.15. The molecule has 0 bridgehead atoms. The van der Waals surface area contributed by atoms with E-state index in [2.05, 4.69) is 0 Å². The molecule has 0 aliphatic rings. The lowest BCUT2D eigenvalue weighted by molar-refractivity contribution is 0.415. The van der Waals surface area contributed by atoms with Gasteiger partial charge >= 0.3 is 0 Å². The van der Waals surface area contributed by atoms with Gasteiger partial charge in [0.1, 0.15) is 11.5 Å². The lowest BCUT2D eigenvalue weighted by atomic mass is 10.1. The minimum absolute atomic E-state index is 0.279. The van der Waals surface area contributed by atoms with Crippen LogP contribution in [0.5, 0.6) is 11.5 Å². The van der Waals surface area contributed by atoms with E-state index < -0.39 is 0 Å². The first-order valence-corrected chi connectivity index (χ1v) is 6.42. The van der Waals surface area contributed by atoms with Crippen molar-refractivity contribution in [2.24, 2.45) is 0 Å². The Balaban J connectivity index is 2.18. The summed E-state index contributed by atoms with van der Waals surface area (Å²) < 4.78 is 5.12. The number of phenols is 1. The SMILES string of the molecule is COc1ccc(/C=C/c2ccc(N(C)C)cc2O)cc1. The molecule has 104 valence electrons. The molecule has 0 fully saturated rings. The number of ether oxygens (including phenoxy) is 1. The third-order valence-corrected chi connectivity index (χ3v) is 3.10. The maximum atomic E-state index is 10.0. The molecule has 0 aromatic heterocycles. The zero-order valence-electron chi connectivity index (χ0n) is 12.0. The summed E-state index contributed by atoms with van der Waals surface area (Å²) in [6.07, 6.45) is 3.86. The monoisotopic (exact) mass is 269 g/mol. The lowest BCUT2D eigenvalue weighted by Crippen LogP contribution is -2.08. The first kappa shape index (κ1) is 14.0. The first-order chi connectivity index (χ1) is 9.60. The first-order valence-electron chi connectivity index (χ1n) is 6.42. The van der Waals surface area contributed by atoms with Crippen LogP contribution in [0, 0.1) is 0 Å². The summed E-state index contributed by atoms with van der Waals surface area (Å²) in [4.78, 5) is 1.96. The van der Waals surface area contributed by atoms with Gasteiger partial charge in [-0.25, -0.2) is 0 Å². The molecule has 0 unspecified atom stereocenters. The molecular formula is C17H19NO2. The van der Waals surface area contributed by atoms with Crippen molar-refractivity contribution in [3.05, 3.63) is 53.6 Å². The number of nitrogens with zero attached hydrogens (tertiary/aromatic N) is 1. The fourth-order valence-corrected chi connectivity index (χ4v) is 1.85. The fraction of sp³-hybridized carbons (Fsp3) is 0.176. The summed E-state index contributed by atoms with van der Waals surface area (Å²) in [5, 5.41) is 10.0. The zero-order chi connectivity index (χ0) is 14.5. The van der Waals surface area contributed by atoms with Crippen LogP contribution >= 0.6 is 0 Å². The van der Waals surface area contributed by atoms with Crippen LogP contribution in [0.1, 0.15) is 11.1 Å². The standard InChI is InChI=1S/C17H19NO2/c1-18(2)15-9-8-14(17(19)12-15)7-4-13-5-10-16(20-3)11-6-13/h4-12,19H,1-3H3/b7-4+. The summed E-state index contributed by atoms with van der Waals surface area (Å²) in [7, 11) is 5.54. The molecule has 20 heavy (non-hydrogen) atoms. The van der Waals surface area contributed by atoms with Crippen molar-refractivity contribution in [3.63, 3.8) is 0 Å². The van der Waals surface area contributed by atoms with Gasteiger partial charge in [-0.15, -0.1) is 0 Å². The Morgan fingerprint density at radius 2 is 1.70 bits per heavy atom. The maximum absolute atomic E-state index is 10.0. The van der Waals surface area contributed by atoms with E-state index in [-0.39, 0.29) is 5.75 Å². The Kier molecular flexibility index (Phi) is 4.31. The quantitative estimate of drug-likeness (QED) is 0.860. The summed E-state index contributed by atoms with van der Waals surface area (Å²) in [5.74, 6) is 1.11. The second-order valence-electron chi connectivity index (χ2n) is 4.74. The van der Waals surface area contributed by atoms with Gasteiger partial charge in [0.2, 0.25) is 0 Å². The number of anilines is 1. The van der Waals surface area contributed by atoms with Gasteiger partial charge in [-0.05, 0) is 29.8 Å². The Hall–Kier alpha value is -2.42. The number of methoxy groups -OCH3 is 1.